The monoisotopic (exact) mass is 292 g/mol. The third kappa shape index (κ3) is 2.84. The van der Waals surface area contributed by atoms with E-state index in [0.29, 0.717) is 16.6 Å². The van der Waals surface area contributed by atoms with Crippen LogP contribution in [0.1, 0.15) is 36.5 Å². The Kier molecular flexibility index (Phi) is 3.99. The van der Waals surface area contributed by atoms with Crippen LogP contribution >= 0.6 is 11.6 Å². The maximum Gasteiger partial charge on any atom is 0.251 e. The Morgan fingerprint density at radius 2 is 1.90 bits per heavy atom. The average Bonchev–Trinajstić information content (AvgIpc) is 2.69. The first-order chi connectivity index (χ1) is 9.63. The Bertz CT molecular complexity index is 480. The molecule has 3 nitrogen and oxygen atoms in total. The largest absolute Gasteiger partial charge is 0.348 e. The van der Waals surface area contributed by atoms with Gasteiger partial charge >= 0.3 is 0 Å². The van der Waals surface area contributed by atoms with Gasteiger partial charge in [0.15, 0.2) is 0 Å². The zero-order valence-electron chi connectivity index (χ0n) is 11.8. The number of rotatable bonds is 2. The van der Waals surface area contributed by atoms with Gasteiger partial charge in [-0.05, 0) is 69.5 Å². The summed E-state index contributed by atoms with van der Waals surface area (Å²) in [5.41, 5.74) is 0.688. The zero-order valence-corrected chi connectivity index (χ0v) is 12.6. The van der Waals surface area contributed by atoms with Gasteiger partial charge in [-0.1, -0.05) is 11.6 Å². The van der Waals surface area contributed by atoms with E-state index in [2.05, 4.69) is 17.1 Å². The SMILES string of the molecule is CC1C(NC(=O)c2ccc(Cl)cc2)CC2CCN1CC2. The molecule has 0 spiro atoms. The van der Waals surface area contributed by atoms with Crippen molar-refractivity contribution in [3.05, 3.63) is 34.9 Å². The highest BCUT2D eigenvalue weighted by Crippen LogP contribution is 2.30. The summed E-state index contributed by atoms with van der Waals surface area (Å²) in [5, 5.41) is 3.88. The van der Waals surface area contributed by atoms with Crippen molar-refractivity contribution in [1.82, 2.24) is 10.2 Å². The Balaban J connectivity index is 1.70. The maximum atomic E-state index is 12.3. The number of carbonyl (C=O) groups excluding carboxylic acids is 1. The first kappa shape index (κ1) is 13.9. The van der Waals surface area contributed by atoms with Gasteiger partial charge in [-0.25, -0.2) is 0 Å². The van der Waals surface area contributed by atoms with Gasteiger partial charge < -0.3 is 5.32 Å². The molecule has 2 unspecified atom stereocenters. The summed E-state index contributed by atoms with van der Waals surface area (Å²) in [7, 11) is 0. The number of piperidine rings is 1. The van der Waals surface area contributed by atoms with Crippen LogP contribution in [-0.2, 0) is 0 Å². The fraction of sp³-hybridized carbons (Fsp3) is 0.562. The van der Waals surface area contributed by atoms with Crippen molar-refractivity contribution >= 4 is 17.5 Å². The van der Waals surface area contributed by atoms with E-state index in [1.807, 2.05) is 0 Å². The van der Waals surface area contributed by atoms with Crippen LogP contribution in [0.5, 0.6) is 0 Å². The minimum absolute atomic E-state index is 0.0148. The summed E-state index contributed by atoms with van der Waals surface area (Å²) < 4.78 is 0. The van der Waals surface area contributed by atoms with E-state index >= 15 is 0 Å². The zero-order chi connectivity index (χ0) is 14.1. The van der Waals surface area contributed by atoms with Gasteiger partial charge in [0.2, 0.25) is 0 Å². The van der Waals surface area contributed by atoms with E-state index in [1.165, 1.54) is 25.9 Å². The van der Waals surface area contributed by atoms with Crippen LogP contribution in [0.15, 0.2) is 24.3 Å². The number of benzene rings is 1. The van der Waals surface area contributed by atoms with Gasteiger partial charge in [-0.15, -0.1) is 0 Å². The van der Waals surface area contributed by atoms with Crippen LogP contribution in [0.25, 0.3) is 0 Å². The summed E-state index contributed by atoms with van der Waals surface area (Å²) in [4.78, 5) is 14.9. The van der Waals surface area contributed by atoms with Crippen molar-refractivity contribution in [1.29, 1.82) is 0 Å². The third-order valence-corrected chi connectivity index (χ3v) is 5.07. The molecule has 2 bridgehead atoms. The van der Waals surface area contributed by atoms with E-state index in [9.17, 15) is 4.79 Å². The number of carbonyl (C=O) groups is 1. The first-order valence-corrected chi connectivity index (χ1v) is 7.82. The summed E-state index contributed by atoms with van der Waals surface area (Å²) >= 11 is 5.86. The minimum Gasteiger partial charge on any atom is -0.348 e. The molecule has 3 aliphatic rings. The second kappa shape index (κ2) is 5.74. The van der Waals surface area contributed by atoms with Crippen molar-refractivity contribution in [2.24, 2.45) is 5.92 Å². The Morgan fingerprint density at radius 3 is 2.55 bits per heavy atom. The van der Waals surface area contributed by atoms with Crippen molar-refractivity contribution < 1.29 is 4.79 Å². The van der Waals surface area contributed by atoms with Gasteiger partial charge in [0.05, 0.1) is 0 Å². The predicted octanol–water partition coefficient (Wildman–Crippen LogP) is 2.94. The smallest absolute Gasteiger partial charge is 0.251 e. The van der Waals surface area contributed by atoms with Crippen molar-refractivity contribution in [3.63, 3.8) is 0 Å². The lowest BCUT2D eigenvalue weighted by atomic mass is 9.93. The summed E-state index contributed by atoms with van der Waals surface area (Å²) in [6.45, 7) is 4.60. The molecule has 3 fully saturated rings. The van der Waals surface area contributed by atoms with Gasteiger partial charge in [-0.2, -0.15) is 0 Å². The molecule has 3 aliphatic heterocycles. The fourth-order valence-corrected chi connectivity index (χ4v) is 3.56. The van der Waals surface area contributed by atoms with Crippen LogP contribution in [0.2, 0.25) is 5.02 Å². The highest BCUT2D eigenvalue weighted by molar-refractivity contribution is 6.30. The molecule has 20 heavy (non-hydrogen) atoms. The number of amides is 1. The summed E-state index contributed by atoms with van der Waals surface area (Å²) in [6, 6.07) is 7.79. The van der Waals surface area contributed by atoms with Gasteiger partial charge in [0.1, 0.15) is 0 Å². The van der Waals surface area contributed by atoms with Gasteiger partial charge in [0, 0.05) is 22.7 Å². The molecule has 2 atom stereocenters. The number of nitrogens with one attached hydrogen (secondary N) is 1. The van der Waals surface area contributed by atoms with Crippen molar-refractivity contribution in [2.75, 3.05) is 13.1 Å². The second-order valence-corrected chi connectivity index (χ2v) is 6.48. The Morgan fingerprint density at radius 1 is 1.25 bits per heavy atom. The molecule has 3 saturated heterocycles. The molecule has 1 N–H and O–H groups in total. The first-order valence-electron chi connectivity index (χ1n) is 7.44. The highest BCUT2D eigenvalue weighted by Gasteiger charge is 2.35. The lowest BCUT2D eigenvalue weighted by molar-refractivity contribution is 0.0907. The molecule has 1 aromatic carbocycles. The normalized spacial score (nSPS) is 32.7. The van der Waals surface area contributed by atoms with Gasteiger partial charge in [-0.3, -0.25) is 9.69 Å². The predicted molar refractivity (Wildman–Crippen MR) is 81.1 cm³/mol. The van der Waals surface area contributed by atoms with E-state index in [-0.39, 0.29) is 11.9 Å². The van der Waals surface area contributed by atoms with Crippen LogP contribution < -0.4 is 5.32 Å². The standard InChI is InChI=1S/C16H21ClN2O/c1-11-15(10-12-6-8-19(11)9-7-12)18-16(20)13-2-4-14(17)5-3-13/h2-5,11-12,15H,6-10H2,1H3,(H,18,20). The molecule has 3 heterocycles. The average molecular weight is 293 g/mol. The lowest BCUT2D eigenvalue weighted by Crippen LogP contribution is -2.48. The molecule has 0 saturated carbocycles. The van der Waals surface area contributed by atoms with E-state index < -0.39 is 0 Å². The fourth-order valence-electron chi connectivity index (χ4n) is 3.44. The molecular weight excluding hydrogens is 272 g/mol. The summed E-state index contributed by atoms with van der Waals surface area (Å²) in [5.74, 6) is 0.785. The quantitative estimate of drug-likeness (QED) is 0.909. The van der Waals surface area contributed by atoms with Crippen LogP contribution in [0.4, 0.5) is 0 Å². The molecule has 108 valence electrons. The van der Waals surface area contributed by atoms with E-state index in [0.717, 1.165) is 12.3 Å². The molecule has 0 aliphatic carbocycles. The molecule has 4 rings (SSSR count). The molecular formula is C16H21ClN2O. The van der Waals surface area contributed by atoms with Crippen LogP contribution in [0, 0.1) is 5.92 Å². The minimum atomic E-state index is 0.0148. The molecule has 4 heteroatoms. The topological polar surface area (TPSA) is 32.3 Å². The van der Waals surface area contributed by atoms with Crippen molar-refractivity contribution in [2.45, 2.75) is 38.3 Å². The Labute approximate surface area is 125 Å². The lowest BCUT2D eigenvalue weighted by Gasteiger charge is -2.32. The number of nitrogens with zero attached hydrogens (tertiary/aromatic N) is 1. The van der Waals surface area contributed by atoms with E-state index in [1.54, 1.807) is 24.3 Å². The second-order valence-electron chi connectivity index (χ2n) is 6.04. The van der Waals surface area contributed by atoms with Crippen LogP contribution in [-0.4, -0.2) is 36.0 Å². The number of halogens is 1. The van der Waals surface area contributed by atoms with Crippen LogP contribution in [0.3, 0.4) is 0 Å². The van der Waals surface area contributed by atoms with Crippen molar-refractivity contribution in [3.8, 4) is 0 Å². The third-order valence-electron chi connectivity index (χ3n) is 4.82. The number of hydrogen-bond acceptors (Lipinski definition) is 2. The molecule has 0 radical (unpaired) electrons. The van der Waals surface area contributed by atoms with E-state index in [4.69, 9.17) is 11.6 Å². The molecule has 0 aromatic heterocycles. The maximum absolute atomic E-state index is 12.3. The molecule has 1 amide bonds. The van der Waals surface area contributed by atoms with Gasteiger partial charge in [0.25, 0.3) is 5.91 Å². The highest BCUT2D eigenvalue weighted by atomic mass is 35.5. The Hall–Kier alpha value is -1.06. The number of hydrogen-bond donors (Lipinski definition) is 1. The number of fused-ring (bicyclic) bond motifs is 4. The summed E-state index contributed by atoms with van der Waals surface area (Å²) in [6.07, 6.45) is 3.66. The molecule has 1 aromatic rings.